The SMILES string of the molecule is CCN(C(=O)C1CCc2[nH]c3ccc(F)cc3c2C1)c1ccccc1. The summed E-state index contributed by atoms with van der Waals surface area (Å²) in [6.07, 6.45) is 2.32. The number of halogens is 1. The number of nitrogens with zero attached hydrogens (tertiary/aromatic N) is 1. The van der Waals surface area contributed by atoms with Crippen molar-refractivity contribution in [3.05, 3.63) is 65.6 Å². The topological polar surface area (TPSA) is 36.1 Å². The Hall–Kier alpha value is -2.62. The highest BCUT2D eigenvalue weighted by Crippen LogP contribution is 2.33. The van der Waals surface area contributed by atoms with Gasteiger partial charge in [0, 0.05) is 34.7 Å². The molecule has 128 valence electrons. The van der Waals surface area contributed by atoms with Crippen molar-refractivity contribution in [3.63, 3.8) is 0 Å². The molecule has 2 aromatic carbocycles. The number of rotatable bonds is 3. The van der Waals surface area contributed by atoms with Gasteiger partial charge in [-0.25, -0.2) is 4.39 Å². The fourth-order valence-electron chi connectivity index (χ4n) is 3.89. The molecule has 4 heteroatoms. The Kier molecular flexibility index (Phi) is 4.04. The third-order valence-corrected chi connectivity index (χ3v) is 5.15. The standard InChI is InChI=1S/C21H21FN2O/c1-2-24(16-6-4-3-5-7-16)21(25)14-8-10-19-17(12-14)18-13-15(22)9-11-20(18)23-19/h3-7,9,11,13-14,23H,2,8,10,12H2,1H3. The van der Waals surface area contributed by atoms with Gasteiger partial charge in [0.2, 0.25) is 5.91 Å². The largest absolute Gasteiger partial charge is 0.358 e. The van der Waals surface area contributed by atoms with Crippen LogP contribution in [0.1, 0.15) is 24.6 Å². The molecule has 3 nitrogen and oxygen atoms in total. The highest BCUT2D eigenvalue weighted by Gasteiger charge is 2.30. The van der Waals surface area contributed by atoms with E-state index in [4.69, 9.17) is 0 Å². The fourth-order valence-corrected chi connectivity index (χ4v) is 3.89. The molecule has 0 saturated carbocycles. The van der Waals surface area contributed by atoms with Crippen LogP contribution in [-0.2, 0) is 17.6 Å². The molecule has 25 heavy (non-hydrogen) atoms. The molecule has 1 aromatic heterocycles. The van der Waals surface area contributed by atoms with E-state index in [1.165, 1.54) is 6.07 Å². The van der Waals surface area contributed by atoms with Crippen LogP contribution in [0.15, 0.2) is 48.5 Å². The molecule has 4 rings (SSSR count). The lowest BCUT2D eigenvalue weighted by molar-refractivity contribution is -0.122. The molecule has 0 aliphatic heterocycles. The molecule has 3 aromatic rings. The van der Waals surface area contributed by atoms with Crippen LogP contribution in [0.5, 0.6) is 0 Å². The second kappa shape index (κ2) is 6.36. The van der Waals surface area contributed by atoms with E-state index in [1.54, 1.807) is 12.1 Å². The number of aromatic amines is 1. The van der Waals surface area contributed by atoms with Crippen molar-refractivity contribution < 1.29 is 9.18 Å². The van der Waals surface area contributed by atoms with Gasteiger partial charge in [0.25, 0.3) is 0 Å². The summed E-state index contributed by atoms with van der Waals surface area (Å²) in [6, 6.07) is 14.6. The van der Waals surface area contributed by atoms with E-state index in [0.717, 1.165) is 40.7 Å². The minimum absolute atomic E-state index is 0.0603. The molecule has 1 atom stereocenters. The summed E-state index contributed by atoms with van der Waals surface area (Å²) in [7, 11) is 0. The van der Waals surface area contributed by atoms with Crippen molar-refractivity contribution in [2.75, 3.05) is 11.4 Å². The summed E-state index contributed by atoms with van der Waals surface area (Å²) in [4.78, 5) is 18.3. The van der Waals surface area contributed by atoms with Crippen LogP contribution >= 0.6 is 0 Å². The first-order valence-electron chi connectivity index (χ1n) is 8.82. The number of para-hydroxylation sites is 1. The fraction of sp³-hybridized carbons (Fsp3) is 0.286. The van der Waals surface area contributed by atoms with E-state index in [9.17, 15) is 9.18 Å². The lowest BCUT2D eigenvalue weighted by Crippen LogP contribution is -2.38. The van der Waals surface area contributed by atoms with E-state index in [-0.39, 0.29) is 17.6 Å². The number of H-pyrrole nitrogens is 1. The van der Waals surface area contributed by atoms with Gasteiger partial charge in [0.1, 0.15) is 5.82 Å². The molecule has 0 bridgehead atoms. The highest BCUT2D eigenvalue weighted by atomic mass is 19.1. The van der Waals surface area contributed by atoms with Crippen molar-refractivity contribution in [2.24, 2.45) is 5.92 Å². The van der Waals surface area contributed by atoms with E-state index in [0.29, 0.717) is 13.0 Å². The van der Waals surface area contributed by atoms with E-state index >= 15 is 0 Å². The Bertz CT molecular complexity index is 916. The van der Waals surface area contributed by atoms with Crippen molar-refractivity contribution in [3.8, 4) is 0 Å². The maximum atomic E-state index is 13.7. The minimum Gasteiger partial charge on any atom is -0.358 e. The quantitative estimate of drug-likeness (QED) is 0.753. The lowest BCUT2D eigenvalue weighted by Gasteiger charge is -2.29. The summed E-state index contributed by atoms with van der Waals surface area (Å²) >= 11 is 0. The zero-order valence-electron chi connectivity index (χ0n) is 14.3. The van der Waals surface area contributed by atoms with Gasteiger partial charge in [-0.3, -0.25) is 4.79 Å². The summed E-state index contributed by atoms with van der Waals surface area (Å²) in [5, 5.41) is 0.912. The lowest BCUT2D eigenvalue weighted by atomic mass is 9.85. The first-order chi connectivity index (χ1) is 12.2. The third-order valence-electron chi connectivity index (χ3n) is 5.15. The van der Waals surface area contributed by atoms with Crippen molar-refractivity contribution in [1.29, 1.82) is 0 Å². The van der Waals surface area contributed by atoms with Gasteiger partial charge in [0.15, 0.2) is 0 Å². The molecular formula is C21H21FN2O. The molecule has 0 radical (unpaired) electrons. The van der Waals surface area contributed by atoms with E-state index < -0.39 is 0 Å². The molecule has 0 fully saturated rings. The van der Waals surface area contributed by atoms with Crippen molar-refractivity contribution in [2.45, 2.75) is 26.2 Å². The number of aryl methyl sites for hydroxylation is 1. The zero-order valence-corrected chi connectivity index (χ0v) is 14.3. The molecule has 1 heterocycles. The summed E-state index contributed by atoms with van der Waals surface area (Å²) in [6.45, 7) is 2.65. The summed E-state index contributed by atoms with van der Waals surface area (Å²) in [5.74, 6) is -0.137. The average Bonchev–Trinajstić information content (AvgIpc) is 3.00. The van der Waals surface area contributed by atoms with Gasteiger partial charge >= 0.3 is 0 Å². The van der Waals surface area contributed by atoms with Crippen LogP contribution in [0.4, 0.5) is 10.1 Å². The monoisotopic (exact) mass is 336 g/mol. The predicted molar refractivity (Wildman–Crippen MR) is 98.2 cm³/mol. The Labute approximate surface area is 146 Å². The number of carbonyl (C=O) groups excluding carboxylic acids is 1. The maximum absolute atomic E-state index is 13.7. The number of nitrogens with one attached hydrogen (secondary N) is 1. The third kappa shape index (κ3) is 2.82. The smallest absolute Gasteiger partial charge is 0.230 e. The molecule has 1 N–H and O–H groups in total. The van der Waals surface area contributed by atoms with Gasteiger partial charge < -0.3 is 9.88 Å². The number of anilines is 1. The number of benzene rings is 2. The van der Waals surface area contributed by atoms with Crippen LogP contribution in [0.3, 0.4) is 0 Å². The van der Waals surface area contributed by atoms with Crippen LogP contribution in [0.25, 0.3) is 10.9 Å². The Morgan fingerprint density at radius 2 is 2.04 bits per heavy atom. The minimum atomic E-state index is -0.234. The van der Waals surface area contributed by atoms with Crippen LogP contribution in [-0.4, -0.2) is 17.4 Å². The molecule has 0 saturated heterocycles. The highest BCUT2D eigenvalue weighted by molar-refractivity contribution is 5.96. The maximum Gasteiger partial charge on any atom is 0.230 e. The molecule has 0 spiro atoms. The Morgan fingerprint density at radius 3 is 2.80 bits per heavy atom. The van der Waals surface area contributed by atoms with Crippen molar-refractivity contribution in [1.82, 2.24) is 4.98 Å². The second-order valence-corrected chi connectivity index (χ2v) is 6.63. The second-order valence-electron chi connectivity index (χ2n) is 6.63. The van der Waals surface area contributed by atoms with Gasteiger partial charge in [-0.1, -0.05) is 18.2 Å². The van der Waals surface area contributed by atoms with E-state index in [2.05, 4.69) is 4.98 Å². The number of hydrogen-bond donors (Lipinski definition) is 1. The molecule has 1 unspecified atom stereocenters. The normalized spacial score (nSPS) is 16.6. The molecule has 1 aliphatic carbocycles. The van der Waals surface area contributed by atoms with Crippen LogP contribution in [0, 0.1) is 11.7 Å². The number of aromatic nitrogens is 1. The predicted octanol–water partition coefficient (Wildman–Crippen LogP) is 4.47. The molecular weight excluding hydrogens is 315 g/mol. The number of fused-ring (bicyclic) bond motifs is 3. The van der Waals surface area contributed by atoms with Gasteiger partial charge in [-0.2, -0.15) is 0 Å². The molecule has 1 amide bonds. The molecule has 1 aliphatic rings. The van der Waals surface area contributed by atoms with E-state index in [1.807, 2.05) is 42.2 Å². The van der Waals surface area contributed by atoms with Crippen molar-refractivity contribution >= 4 is 22.5 Å². The Balaban J connectivity index is 1.64. The van der Waals surface area contributed by atoms with Crippen LogP contribution < -0.4 is 4.90 Å². The first-order valence-corrected chi connectivity index (χ1v) is 8.82. The zero-order chi connectivity index (χ0) is 17.4. The number of hydrogen-bond acceptors (Lipinski definition) is 1. The van der Waals surface area contributed by atoms with Gasteiger partial charge in [-0.05, 0) is 62.1 Å². The number of carbonyl (C=O) groups is 1. The Morgan fingerprint density at radius 1 is 1.24 bits per heavy atom. The summed E-state index contributed by atoms with van der Waals surface area (Å²) in [5.41, 5.74) is 4.14. The van der Waals surface area contributed by atoms with Gasteiger partial charge in [0.05, 0.1) is 0 Å². The van der Waals surface area contributed by atoms with Crippen LogP contribution in [0.2, 0.25) is 0 Å². The van der Waals surface area contributed by atoms with Gasteiger partial charge in [-0.15, -0.1) is 0 Å². The average molecular weight is 336 g/mol. The summed E-state index contributed by atoms with van der Waals surface area (Å²) < 4.78 is 13.7. The number of amides is 1. The first kappa shape index (κ1) is 15.9.